The Hall–Kier alpha value is -2.48. The van der Waals surface area contributed by atoms with Crippen LogP contribution < -0.4 is 16.0 Å². The molecule has 26 heavy (non-hydrogen) atoms. The number of aromatic nitrogens is 4. The number of carbonyl (C=O) groups excluding carboxylic acids is 1. The van der Waals surface area contributed by atoms with Crippen LogP contribution in [-0.2, 0) is 4.79 Å². The molecule has 1 atom stereocenters. The van der Waals surface area contributed by atoms with E-state index >= 15 is 0 Å². The van der Waals surface area contributed by atoms with Gasteiger partial charge >= 0.3 is 0 Å². The molecule has 1 aliphatic heterocycles. The summed E-state index contributed by atoms with van der Waals surface area (Å²) in [5.74, 6) is 0.446. The number of nitrogens with one attached hydrogen (secondary N) is 3. The molecule has 1 aliphatic rings. The van der Waals surface area contributed by atoms with Crippen molar-refractivity contribution in [2.75, 3.05) is 25.0 Å². The van der Waals surface area contributed by atoms with Crippen LogP contribution in [-0.4, -0.2) is 51.8 Å². The minimum atomic E-state index is -0.381. The zero-order valence-corrected chi connectivity index (χ0v) is 15.4. The minimum absolute atomic E-state index is 0.0186. The first-order chi connectivity index (χ1) is 12.6. The molecule has 2 aromatic rings. The molecule has 0 saturated carbocycles. The Morgan fingerprint density at radius 3 is 2.73 bits per heavy atom. The fraction of sp³-hybridized carbons (Fsp3) is 0.556. The van der Waals surface area contributed by atoms with E-state index in [-0.39, 0.29) is 17.4 Å². The molecule has 3 N–H and O–H groups in total. The molecular weight excluding hydrogens is 330 g/mol. The summed E-state index contributed by atoms with van der Waals surface area (Å²) in [6.45, 7) is 6.91. The topological polar surface area (TPSA) is 96.8 Å². The van der Waals surface area contributed by atoms with E-state index < -0.39 is 0 Å². The van der Waals surface area contributed by atoms with Crippen molar-refractivity contribution in [1.29, 1.82) is 0 Å². The second-order valence-electron chi connectivity index (χ2n) is 7.13. The largest absolute Gasteiger partial charge is 0.354 e. The van der Waals surface area contributed by atoms with Gasteiger partial charge in [-0.25, -0.2) is 0 Å². The lowest BCUT2D eigenvalue weighted by molar-refractivity contribution is -0.122. The quantitative estimate of drug-likeness (QED) is 0.692. The number of hydrogen-bond acceptors (Lipinski definition) is 6. The van der Waals surface area contributed by atoms with Crippen molar-refractivity contribution >= 4 is 11.9 Å². The lowest BCUT2D eigenvalue weighted by Gasteiger charge is -2.34. The highest BCUT2D eigenvalue weighted by atomic mass is 16.2. The van der Waals surface area contributed by atoms with E-state index in [1.54, 1.807) is 4.68 Å². The highest BCUT2D eigenvalue weighted by molar-refractivity contribution is 5.84. The van der Waals surface area contributed by atoms with Gasteiger partial charge in [-0.2, -0.15) is 4.68 Å². The Morgan fingerprint density at radius 2 is 2.04 bits per heavy atom. The van der Waals surface area contributed by atoms with Crippen LogP contribution in [0.3, 0.4) is 0 Å². The number of amides is 1. The van der Waals surface area contributed by atoms with Gasteiger partial charge in [0, 0.05) is 6.54 Å². The van der Waals surface area contributed by atoms with Gasteiger partial charge in [-0.1, -0.05) is 37.1 Å². The van der Waals surface area contributed by atoms with E-state index in [9.17, 15) is 4.79 Å². The van der Waals surface area contributed by atoms with Gasteiger partial charge in [0.25, 0.3) is 0 Å². The van der Waals surface area contributed by atoms with Gasteiger partial charge in [0.05, 0.1) is 5.69 Å². The molecule has 1 fully saturated rings. The van der Waals surface area contributed by atoms with E-state index in [0.717, 1.165) is 31.6 Å². The van der Waals surface area contributed by atoms with Crippen molar-refractivity contribution in [2.24, 2.45) is 5.41 Å². The average molecular weight is 357 g/mol. The molecule has 140 valence electrons. The smallest absolute Gasteiger partial charge is 0.248 e. The van der Waals surface area contributed by atoms with Gasteiger partial charge in [-0.05, 0) is 60.3 Å². The fourth-order valence-corrected chi connectivity index (χ4v) is 3.16. The number of carbonyl (C=O) groups is 1. The maximum absolute atomic E-state index is 12.7. The average Bonchev–Trinajstić information content (AvgIpc) is 3.14. The van der Waals surface area contributed by atoms with Gasteiger partial charge in [0.2, 0.25) is 11.9 Å². The Kier molecular flexibility index (Phi) is 5.82. The maximum Gasteiger partial charge on any atom is 0.248 e. The lowest BCUT2D eigenvalue weighted by atomic mass is 9.81. The van der Waals surface area contributed by atoms with E-state index in [0.29, 0.717) is 18.9 Å². The van der Waals surface area contributed by atoms with Crippen molar-refractivity contribution in [3.63, 3.8) is 0 Å². The third kappa shape index (κ3) is 4.37. The third-order valence-corrected chi connectivity index (χ3v) is 5.00. The summed E-state index contributed by atoms with van der Waals surface area (Å²) in [4.78, 5) is 12.7. The molecule has 1 unspecified atom stereocenters. The van der Waals surface area contributed by atoms with Crippen molar-refractivity contribution in [3.8, 4) is 5.69 Å². The molecule has 1 aromatic heterocycles. The predicted molar refractivity (Wildman–Crippen MR) is 100 cm³/mol. The van der Waals surface area contributed by atoms with Crippen LogP contribution in [0, 0.1) is 5.41 Å². The molecule has 0 aliphatic carbocycles. The Morgan fingerprint density at radius 1 is 1.31 bits per heavy atom. The molecular formula is C18H27N7O. The molecule has 8 nitrogen and oxygen atoms in total. The zero-order chi connectivity index (χ0) is 18.4. The molecule has 0 radical (unpaired) electrons. The Balaban J connectivity index is 1.63. The monoisotopic (exact) mass is 357 g/mol. The lowest BCUT2D eigenvalue weighted by Crippen LogP contribution is -2.47. The predicted octanol–water partition coefficient (Wildman–Crippen LogP) is 1.36. The third-order valence-electron chi connectivity index (χ3n) is 5.00. The van der Waals surface area contributed by atoms with Gasteiger partial charge in [-0.3, -0.25) is 4.79 Å². The summed E-state index contributed by atoms with van der Waals surface area (Å²) >= 11 is 0. The van der Waals surface area contributed by atoms with Crippen LogP contribution in [0.4, 0.5) is 5.95 Å². The van der Waals surface area contributed by atoms with Crippen molar-refractivity contribution < 1.29 is 4.79 Å². The second kappa shape index (κ2) is 8.27. The van der Waals surface area contributed by atoms with Crippen molar-refractivity contribution in [2.45, 2.75) is 39.2 Å². The summed E-state index contributed by atoms with van der Waals surface area (Å²) in [7, 11) is 0. The standard InChI is InChI=1S/C18H27N7O/c1-3-15(16(26)20-13-18(2)9-11-19-12-10-18)21-17-22-23-24-25(17)14-7-5-4-6-8-14/h4-8,15,19H,3,9-13H2,1-2H3,(H,20,26)(H,21,22,24). The van der Waals surface area contributed by atoms with Gasteiger partial charge in [0.15, 0.2) is 0 Å². The number of benzene rings is 1. The van der Waals surface area contributed by atoms with Gasteiger partial charge in [0.1, 0.15) is 6.04 Å². The van der Waals surface area contributed by atoms with E-state index in [1.807, 2.05) is 37.3 Å². The maximum atomic E-state index is 12.7. The summed E-state index contributed by atoms with van der Waals surface area (Å²) in [6.07, 6.45) is 2.79. The number of hydrogen-bond donors (Lipinski definition) is 3. The van der Waals surface area contributed by atoms with Gasteiger partial charge in [-0.15, -0.1) is 0 Å². The van der Waals surface area contributed by atoms with Crippen LogP contribution in [0.1, 0.15) is 33.1 Å². The number of piperidine rings is 1. The SMILES string of the molecule is CCC(Nc1nnnn1-c1ccccc1)C(=O)NCC1(C)CCNCC1. The second-order valence-corrected chi connectivity index (χ2v) is 7.13. The number of rotatable bonds is 7. The molecule has 1 saturated heterocycles. The first-order valence-electron chi connectivity index (χ1n) is 9.20. The first kappa shape index (κ1) is 18.3. The fourth-order valence-electron chi connectivity index (χ4n) is 3.16. The zero-order valence-electron chi connectivity index (χ0n) is 15.4. The van der Waals surface area contributed by atoms with Crippen LogP contribution >= 0.6 is 0 Å². The van der Waals surface area contributed by atoms with Crippen LogP contribution in [0.15, 0.2) is 30.3 Å². The van der Waals surface area contributed by atoms with Crippen LogP contribution in [0.2, 0.25) is 0 Å². The molecule has 2 heterocycles. The molecule has 0 spiro atoms. The molecule has 0 bridgehead atoms. The van der Waals surface area contributed by atoms with Crippen molar-refractivity contribution in [3.05, 3.63) is 30.3 Å². The Labute approximate surface area is 153 Å². The van der Waals surface area contributed by atoms with Crippen LogP contribution in [0.25, 0.3) is 5.69 Å². The number of para-hydroxylation sites is 1. The highest BCUT2D eigenvalue weighted by Crippen LogP contribution is 2.26. The number of anilines is 1. The van der Waals surface area contributed by atoms with E-state index in [4.69, 9.17) is 0 Å². The normalized spacial score (nSPS) is 17.5. The summed E-state index contributed by atoms with van der Waals surface area (Å²) in [6, 6.07) is 9.23. The Bertz CT molecular complexity index is 709. The van der Waals surface area contributed by atoms with Crippen molar-refractivity contribution in [1.82, 2.24) is 30.8 Å². The number of tetrazole rings is 1. The highest BCUT2D eigenvalue weighted by Gasteiger charge is 2.28. The summed E-state index contributed by atoms with van der Waals surface area (Å²) < 4.78 is 1.60. The summed E-state index contributed by atoms with van der Waals surface area (Å²) in [5.41, 5.74) is 1.00. The van der Waals surface area contributed by atoms with E-state index in [1.165, 1.54) is 0 Å². The van der Waals surface area contributed by atoms with Gasteiger partial charge < -0.3 is 16.0 Å². The minimum Gasteiger partial charge on any atom is -0.354 e. The molecule has 3 rings (SSSR count). The molecule has 1 amide bonds. The molecule has 1 aromatic carbocycles. The van der Waals surface area contributed by atoms with Crippen LogP contribution in [0.5, 0.6) is 0 Å². The summed E-state index contributed by atoms with van der Waals surface area (Å²) in [5, 5.41) is 21.4. The van der Waals surface area contributed by atoms with E-state index in [2.05, 4.69) is 38.4 Å². The molecule has 8 heteroatoms. The first-order valence-corrected chi connectivity index (χ1v) is 9.20. The number of nitrogens with zero attached hydrogens (tertiary/aromatic N) is 4.